The number of hydrogen-bond acceptors (Lipinski definition) is 2. The van der Waals surface area contributed by atoms with Crippen LogP contribution in [-0.2, 0) is 19.3 Å². The number of benzene rings is 2. The van der Waals surface area contributed by atoms with Gasteiger partial charge in [-0.15, -0.1) is 0 Å². The van der Waals surface area contributed by atoms with Gasteiger partial charge in [0.15, 0.2) is 0 Å². The van der Waals surface area contributed by atoms with E-state index in [-0.39, 0.29) is 0 Å². The maximum Gasteiger partial charge on any atom is 0.133 e. The normalized spacial score (nSPS) is 12.1. The number of nitrogens with zero attached hydrogens (tertiary/aromatic N) is 2. The minimum absolute atomic E-state index is 0.802. The summed E-state index contributed by atoms with van der Waals surface area (Å²) in [4.78, 5) is 9.76. The van der Waals surface area contributed by atoms with Crippen molar-refractivity contribution in [3.05, 3.63) is 82.4 Å². The van der Waals surface area contributed by atoms with Gasteiger partial charge in [-0.3, -0.25) is 0 Å². The SMILES string of the molecule is CCc1nc(Cc2ccccc2)nc2c1-c1ccc(C)cc1C2. The zero-order chi connectivity index (χ0) is 15.8. The van der Waals surface area contributed by atoms with Crippen LogP contribution in [0.1, 0.15) is 40.8 Å². The Balaban J connectivity index is 1.78. The van der Waals surface area contributed by atoms with E-state index in [1.165, 1.54) is 39.2 Å². The van der Waals surface area contributed by atoms with Gasteiger partial charge in [-0.1, -0.05) is 61.0 Å². The molecule has 114 valence electrons. The average Bonchev–Trinajstić information content (AvgIpc) is 2.92. The Hall–Kier alpha value is -2.48. The molecular formula is C21H20N2. The Morgan fingerprint density at radius 3 is 2.61 bits per heavy atom. The molecule has 4 rings (SSSR count). The summed E-state index contributed by atoms with van der Waals surface area (Å²) in [6.07, 6.45) is 2.68. The summed E-state index contributed by atoms with van der Waals surface area (Å²) in [5, 5.41) is 0. The predicted octanol–water partition coefficient (Wildman–Crippen LogP) is 4.51. The van der Waals surface area contributed by atoms with Gasteiger partial charge >= 0.3 is 0 Å². The molecule has 1 aliphatic carbocycles. The summed E-state index contributed by atoms with van der Waals surface area (Å²) >= 11 is 0. The average molecular weight is 300 g/mol. The van der Waals surface area contributed by atoms with Crippen LogP contribution in [0, 0.1) is 6.92 Å². The van der Waals surface area contributed by atoms with Crippen LogP contribution < -0.4 is 0 Å². The van der Waals surface area contributed by atoms with Gasteiger partial charge < -0.3 is 0 Å². The Bertz CT molecular complexity index is 867. The molecule has 0 N–H and O–H groups in total. The van der Waals surface area contributed by atoms with Gasteiger partial charge in [0.1, 0.15) is 5.82 Å². The van der Waals surface area contributed by atoms with E-state index in [0.29, 0.717) is 0 Å². The van der Waals surface area contributed by atoms with Crippen molar-refractivity contribution in [1.29, 1.82) is 0 Å². The molecule has 23 heavy (non-hydrogen) atoms. The van der Waals surface area contributed by atoms with Crippen LogP contribution in [0.25, 0.3) is 11.1 Å². The van der Waals surface area contributed by atoms with Crippen LogP contribution in [0.4, 0.5) is 0 Å². The van der Waals surface area contributed by atoms with Crippen LogP contribution in [0.3, 0.4) is 0 Å². The van der Waals surface area contributed by atoms with Gasteiger partial charge in [0.05, 0.1) is 11.4 Å². The Labute approximate surface area is 137 Å². The predicted molar refractivity (Wildman–Crippen MR) is 93.6 cm³/mol. The molecule has 3 aromatic rings. The van der Waals surface area contributed by atoms with Crippen LogP contribution in [-0.4, -0.2) is 9.97 Å². The van der Waals surface area contributed by atoms with Crippen LogP contribution in [0.2, 0.25) is 0 Å². The topological polar surface area (TPSA) is 25.8 Å². The smallest absolute Gasteiger partial charge is 0.133 e. The first-order valence-electron chi connectivity index (χ1n) is 8.27. The molecule has 2 heteroatoms. The van der Waals surface area contributed by atoms with Crippen molar-refractivity contribution in [2.45, 2.75) is 33.1 Å². The molecule has 1 heterocycles. The molecule has 2 aromatic carbocycles. The molecule has 0 unspecified atom stereocenters. The molecule has 0 bridgehead atoms. The first-order chi connectivity index (χ1) is 11.2. The minimum Gasteiger partial charge on any atom is -0.237 e. The van der Waals surface area contributed by atoms with Crippen LogP contribution in [0.5, 0.6) is 0 Å². The minimum atomic E-state index is 0.802. The molecule has 0 amide bonds. The third kappa shape index (κ3) is 2.55. The Kier molecular flexibility index (Phi) is 3.45. The summed E-state index contributed by atoms with van der Waals surface area (Å²) in [6.45, 7) is 4.33. The molecule has 1 aromatic heterocycles. The lowest BCUT2D eigenvalue weighted by molar-refractivity contribution is 0.885. The summed E-state index contributed by atoms with van der Waals surface area (Å²) < 4.78 is 0. The molecular weight excluding hydrogens is 280 g/mol. The van der Waals surface area contributed by atoms with Gasteiger partial charge in [0.2, 0.25) is 0 Å². The number of hydrogen-bond donors (Lipinski definition) is 0. The summed E-state index contributed by atoms with van der Waals surface area (Å²) in [5.41, 5.74) is 8.95. The van der Waals surface area contributed by atoms with E-state index in [0.717, 1.165) is 25.1 Å². The van der Waals surface area contributed by atoms with Crippen molar-refractivity contribution in [3.63, 3.8) is 0 Å². The first kappa shape index (κ1) is 14.1. The largest absolute Gasteiger partial charge is 0.237 e. The molecule has 0 atom stereocenters. The highest BCUT2D eigenvalue weighted by Crippen LogP contribution is 2.38. The molecule has 0 spiro atoms. The van der Waals surface area contributed by atoms with E-state index < -0.39 is 0 Å². The number of aryl methyl sites for hydroxylation is 2. The van der Waals surface area contributed by atoms with Gasteiger partial charge in [-0.2, -0.15) is 0 Å². The standard InChI is InChI=1S/C21H20N2/c1-3-18-21-17-10-9-14(2)11-16(17)13-19(21)23-20(22-18)12-15-7-5-4-6-8-15/h4-11H,3,12-13H2,1-2H3. The maximum atomic E-state index is 4.89. The molecule has 0 saturated carbocycles. The van der Waals surface area contributed by atoms with Crippen molar-refractivity contribution in [2.24, 2.45) is 0 Å². The highest BCUT2D eigenvalue weighted by Gasteiger charge is 2.24. The monoisotopic (exact) mass is 300 g/mol. The summed E-state index contributed by atoms with van der Waals surface area (Å²) in [6, 6.07) is 17.2. The molecule has 2 nitrogen and oxygen atoms in total. The van der Waals surface area contributed by atoms with Gasteiger partial charge in [0, 0.05) is 18.4 Å². The van der Waals surface area contributed by atoms with E-state index >= 15 is 0 Å². The summed E-state index contributed by atoms with van der Waals surface area (Å²) in [5.74, 6) is 0.941. The van der Waals surface area contributed by atoms with Gasteiger partial charge in [-0.25, -0.2) is 9.97 Å². The second-order valence-electron chi connectivity index (χ2n) is 6.26. The van der Waals surface area contributed by atoms with E-state index in [4.69, 9.17) is 9.97 Å². The van der Waals surface area contributed by atoms with Crippen molar-refractivity contribution >= 4 is 0 Å². The molecule has 0 radical (unpaired) electrons. The fraction of sp³-hybridized carbons (Fsp3) is 0.238. The van der Waals surface area contributed by atoms with E-state index in [1.807, 2.05) is 6.07 Å². The van der Waals surface area contributed by atoms with Gasteiger partial charge in [-0.05, 0) is 30.0 Å². The third-order valence-corrected chi connectivity index (χ3v) is 4.53. The molecule has 1 aliphatic rings. The highest BCUT2D eigenvalue weighted by molar-refractivity contribution is 5.77. The fourth-order valence-electron chi connectivity index (χ4n) is 3.46. The molecule has 0 aliphatic heterocycles. The number of rotatable bonds is 3. The molecule has 0 fully saturated rings. The van der Waals surface area contributed by atoms with Crippen LogP contribution >= 0.6 is 0 Å². The van der Waals surface area contributed by atoms with Gasteiger partial charge in [0.25, 0.3) is 0 Å². The van der Waals surface area contributed by atoms with Crippen molar-refractivity contribution in [1.82, 2.24) is 9.97 Å². The zero-order valence-electron chi connectivity index (χ0n) is 13.6. The van der Waals surface area contributed by atoms with Crippen molar-refractivity contribution < 1.29 is 0 Å². The fourth-order valence-corrected chi connectivity index (χ4v) is 3.46. The first-order valence-corrected chi connectivity index (χ1v) is 8.27. The zero-order valence-corrected chi connectivity index (χ0v) is 13.6. The lowest BCUT2D eigenvalue weighted by atomic mass is 10.0. The molecule has 0 saturated heterocycles. The van der Waals surface area contributed by atoms with Crippen molar-refractivity contribution in [3.8, 4) is 11.1 Å². The number of fused-ring (bicyclic) bond motifs is 3. The quantitative estimate of drug-likeness (QED) is 0.556. The lowest BCUT2D eigenvalue weighted by Crippen LogP contribution is -2.04. The van der Waals surface area contributed by atoms with E-state index in [1.54, 1.807) is 0 Å². The highest BCUT2D eigenvalue weighted by atomic mass is 14.9. The second kappa shape index (κ2) is 5.62. The summed E-state index contributed by atoms with van der Waals surface area (Å²) in [7, 11) is 0. The van der Waals surface area contributed by atoms with Crippen molar-refractivity contribution in [2.75, 3.05) is 0 Å². The van der Waals surface area contributed by atoms with E-state index in [2.05, 4.69) is 56.3 Å². The Morgan fingerprint density at radius 2 is 1.83 bits per heavy atom. The Morgan fingerprint density at radius 1 is 1.00 bits per heavy atom. The lowest BCUT2D eigenvalue weighted by Gasteiger charge is -2.10. The van der Waals surface area contributed by atoms with E-state index in [9.17, 15) is 0 Å². The maximum absolute atomic E-state index is 4.89. The second-order valence-corrected chi connectivity index (χ2v) is 6.26. The number of aromatic nitrogens is 2. The van der Waals surface area contributed by atoms with Crippen LogP contribution in [0.15, 0.2) is 48.5 Å². The third-order valence-electron chi connectivity index (χ3n) is 4.53.